The number of thioether (sulfide) groups is 1. The number of nitrogens with two attached hydrogens (primary N) is 2. The summed E-state index contributed by atoms with van der Waals surface area (Å²) in [6.07, 6.45) is 21.9. The standard InChI is InChI=1S/C28H32N2S/c29-17-21(13-18-9-11-23(30)12-10-18)20-7-4-8-22(14-20)28-16-26(28)31-27(24-15-25(24)28)19-5-2-1-3-6-19/h1-2,4,7-13,19,22,25-26H,3,5-6,14-17,29-30H2/b21-13+. The lowest BCUT2D eigenvalue weighted by molar-refractivity contribution is 0.327. The second kappa shape index (κ2) is 7.56. The number of benzene rings is 1. The van der Waals surface area contributed by atoms with Crippen molar-refractivity contribution in [2.75, 3.05) is 12.3 Å². The third-order valence-electron chi connectivity index (χ3n) is 8.22. The molecule has 31 heavy (non-hydrogen) atoms. The van der Waals surface area contributed by atoms with E-state index in [-0.39, 0.29) is 0 Å². The Morgan fingerprint density at radius 2 is 2.03 bits per heavy atom. The van der Waals surface area contributed by atoms with Gasteiger partial charge in [-0.1, -0.05) is 54.2 Å². The summed E-state index contributed by atoms with van der Waals surface area (Å²) in [7, 11) is 0. The lowest BCUT2D eigenvalue weighted by Crippen LogP contribution is -2.25. The van der Waals surface area contributed by atoms with Crippen LogP contribution in [0.5, 0.6) is 0 Å². The number of hydrogen-bond acceptors (Lipinski definition) is 3. The van der Waals surface area contributed by atoms with Gasteiger partial charge in [-0.25, -0.2) is 0 Å². The minimum Gasteiger partial charge on any atom is -0.399 e. The highest BCUT2D eigenvalue weighted by molar-refractivity contribution is 8.04. The van der Waals surface area contributed by atoms with Crippen LogP contribution in [0.15, 0.2) is 76.3 Å². The van der Waals surface area contributed by atoms with Crippen molar-refractivity contribution < 1.29 is 0 Å². The molecule has 0 bridgehead atoms. The van der Waals surface area contributed by atoms with Gasteiger partial charge in [-0.2, -0.15) is 0 Å². The average Bonchev–Trinajstić information content (AvgIpc) is 3.72. The first-order chi connectivity index (χ1) is 15.2. The van der Waals surface area contributed by atoms with Crippen LogP contribution < -0.4 is 11.5 Å². The van der Waals surface area contributed by atoms with E-state index in [0.29, 0.717) is 17.9 Å². The van der Waals surface area contributed by atoms with Crippen molar-refractivity contribution in [1.82, 2.24) is 0 Å². The van der Waals surface area contributed by atoms with Crippen molar-refractivity contribution in [3.05, 3.63) is 81.8 Å². The molecule has 2 saturated carbocycles. The molecular weight excluding hydrogens is 396 g/mol. The normalized spacial score (nSPS) is 36.0. The minimum absolute atomic E-state index is 0.519. The lowest BCUT2D eigenvalue weighted by Gasteiger charge is -2.33. The van der Waals surface area contributed by atoms with Gasteiger partial charge in [-0.3, -0.25) is 0 Å². The smallest absolute Gasteiger partial charge is 0.0314 e. The molecule has 5 aliphatic rings. The second-order valence-corrected chi connectivity index (χ2v) is 11.2. The van der Waals surface area contributed by atoms with Gasteiger partial charge in [0, 0.05) is 17.5 Å². The molecule has 2 nitrogen and oxygen atoms in total. The topological polar surface area (TPSA) is 52.0 Å². The van der Waals surface area contributed by atoms with Gasteiger partial charge in [-0.05, 0) is 95.4 Å². The van der Waals surface area contributed by atoms with E-state index < -0.39 is 0 Å². The van der Waals surface area contributed by atoms with E-state index in [2.05, 4.69) is 60.4 Å². The van der Waals surface area contributed by atoms with Crippen LogP contribution in [0.3, 0.4) is 0 Å². The minimum atomic E-state index is 0.519. The van der Waals surface area contributed by atoms with Gasteiger partial charge < -0.3 is 11.5 Å². The summed E-state index contributed by atoms with van der Waals surface area (Å²) in [5.41, 5.74) is 19.1. The molecule has 5 unspecified atom stereocenters. The van der Waals surface area contributed by atoms with Crippen LogP contribution in [0.1, 0.15) is 44.1 Å². The lowest BCUT2D eigenvalue weighted by atomic mass is 9.76. The summed E-state index contributed by atoms with van der Waals surface area (Å²) in [6.45, 7) is 0.579. The highest BCUT2D eigenvalue weighted by atomic mass is 32.2. The molecule has 160 valence electrons. The molecule has 1 aromatic carbocycles. The van der Waals surface area contributed by atoms with E-state index in [1.54, 1.807) is 4.91 Å². The van der Waals surface area contributed by atoms with E-state index in [9.17, 15) is 0 Å². The highest BCUT2D eigenvalue weighted by Gasteiger charge is 2.70. The van der Waals surface area contributed by atoms with Crippen LogP contribution in [0.2, 0.25) is 0 Å². The van der Waals surface area contributed by atoms with Crippen LogP contribution in [0, 0.1) is 23.2 Å². The fraction of sp³-hybridized carbons (Fsp3) is 0.429. The molecule has 0 saturated heterocycles. The maximum absolute atomic E-state index is 6.21. The van der Waals surface area contributed by atoms with E-state index in [4.69, 9.17) is 11.5 Å². The van der Waals surface area contributed by atoms with Gasteiger partial charge in [0.2, 0.25) is 0 Å². The number of anilines is 1. The average molecular weight is 429 g/mol. The molecule has 6 rings (SSSR count). The van der Waals surface area contributed by atoms with Crippen LogP contribution in [-0.2, 0) is 0 Å². The Bertz CT molecular complexity index is 1040. The van der Waals surface area contributed by atoms with Gasteiger partial charge in [-0.15, -0.1) is 11.8 Å². The summed E-state index contributed by atoms with van der Waals surface area (Å²) in [5, 5.41) is 0.834. The zero-order chi connectivity index (χ0) is 21.0. The zero-order valence-electron chi connectivity index (χ0n) is 18.1. The fourth-order valence-corrected chi connectivity index (χ4v) is 8.38. The highest BCUT2D eigenvalue weighted by Crippen LogP contribution is 2.78. The van der Waals surface area contributed by atoms with Gasteiger partial charge >= 0.3 is 0 Å². The molecule has 4 N–H and O–H groups in total. The van der Waals surface area contributed by atoms with Gasteiger partial charge in [0.1, 0.15) is 0 Å². The van der Waals surface area contributed by atoms with Crippen LogP contribution >= 0.6 is 11.8 Å². The summed E-state index contributed by atoms with van der Waals surface area (Å²) in [6, 6.07) is 8.09. The van der Waals surface area contributed by atoms with Crippen molar-refractivity contribution in [2.24, 2.45) is 28.9 Å². The second-order valence-electron chi connectivity index (χ2n) is 9.98. The van der Waals surface area contributed by atoms with E-state index in [0.717, 1.165) is 29.2 Å². The van der Waals surface area contributed by atoms with Crippen LogP contribution in [-0.4, -0.2) is 11.8 Å². The van der Waals surface area contributed by atoms with Crippen molar-refractivity contribution in [3.8, 4) is 0 Å². The molecule has 0 radical (unpaired) electrons. The number of nitrogen functional groups attached to an aromatic ring is 1. The quantitative estimate of drug-likeness (QED) is 0.430. The molecule has 1 aliphatic heterocycles. The first kappa shape index (κ1) is 19.7. The predicted molar refractivity (Wildman–Crippen MR) is 133 cm³/mol. The third-order valence-corrected chi connectivity index (χ3v) is 9.96. The van der Waals surface area contributed by atoms with Crippen LogP contribution in [0.25, 0.3) is 6.08 Å². The molecule has 1 aromatic rings. The molecule has 5 atom stereocenters. The van der Waals surface area contributed by atoms with Crippen molar-refractivity contribution >= 4 is 23.5 Å². The third kappa shape index (κ3) is 3.37. The van der Waals surface area contributed by atoms with E-state index in [1.807, 2.05) is 17.7 Å². The molecule has 0 spiro atoms. The first-order valence-corrected chi connectivity index (χ1v) is 12.8. The van der Waals surface area contributed by atoms with Gasteiger partial charge in [0.25, 0.3) is 0 Å². The first-order valence-electron chi connectivity index (χ1n) is 11.9. The van der Waals surface area contributed by atoms with Crippen LogP contribution in [0.4, 0.5) is 5.69 Å². The Morgan fingerprint density at radius 1 is 1.16 bits per heavy atom. The predicted octanol–water partition coefficient (Wildman–Crippen LogP) is 6.25. The van der Waals surface area contributed by atoms with Gasteiger partial charge in [0.15, 0.2) is 0 Å². The van der Waals surface area contributed by atoms with Crippen molar-refractivity contribution in [2.45, 2.75) is 43.8 Å². The van der Waals surface area contributed by atoms with Crippen molar-refractivity contribution in [3.63, 3.8) is 0 Å². The largest absolute Gasteiger partial charge is 0.399 e. The fourth-order valence-electron chi connectivity index (χ4n) is 6.36. The Hall–Kier alpha value is -1.97. The number of hydrogen-bond donors (Lipinski definition) is 2. The molecular formula is C28H32N2S. The Kier molecular flexibility index (Phi) is 4.81. The maximum Gasteiger partial charge on any atom is 0.0314 e. The Balaban J connectivity index is 1.21. The molecule has 0 aromatic heterocycles. The molecule has 2 fully saturated rings. The summed E-state index contributed by atoms with van der Waals surface area (Å²) >= 11 is 2.27. The van der Waals surface area contributed by atoms with Gasteiger partial charge in [0.05, 0.1) is 0 Å². The summed E-state index contributed by atoms with van der Waals surface area (Å²) in [4.78, 5) is 1.80. The van der Waals surface area contributed by atoms with E-state index >= 15 is 0 Å². The summed E-state index contributed by atoms with van der Waals surface area (Å²) < 4.78 is 0. The van der Waals surface area contributed by atoms with Crippen molar-refractivity contribution in [1.29, 1.82) is 0 Å². The SMILES string of the molecule is NC/C(=C\c1ccc(N)cc1)C1=CC=CC(C23CC2SC(C2CC=CCC2)=C2CC23)C1. The molecule has 1 heterocycles. The Morgan fingerprint density at radius 3 is 2.81 bits per heavy atom. The number of allylic oxidation sites excluding steroid dienone is 7. The number of fused-ring (bicyclic) bond motifs is 3. The monoisotopic (exact) mass is 428 g/mol. The zero-order valence-corrected chi connectivity index (χ0v) is 18.9. The number of rotatable bonds is 5. The maximum atomic E-state index is 6.21. The summed E-state index contributed by atoms with van der Waals surface area (Å²) in [5.74, 6) is 2.33. The molecule has 3 heteroatoms. The molecule has 4 aliphatic carbocycles. The molecule has 0 amide bonds. The Labute approximate surface area is 190 Å². The van der Waals surface area contributed by atoms with E-state index in [1.165, 1.54) is 48.8 Å².